The smallest absolute Gasteiger partial charge is 0.267 e. The van der Waals surface area contributed by atoms with Gasteiger partial charge in [-0.3, -0.25) is 10.0 Å². The Morgan fingerprint density at radius 2 is 2.05 bits per heavy atom. The van der Waals surface area contributed by atoms with E-state index in [1.807, 2.05) is 0 Å². The van der Waals surface area contributed by atoms with Gasteiger partial charge in [-0.15, -0.1) is 0 Å². The number of halogens is 2. The van der Waals surface area contributed by atoms with Gasteiger partial charge in [-0.2, -0.15) is 5.06 Å². The summed E-state index contributed by atoms with van der Waals surface area (Å²) in [7, 11) is 0. The van der Waals surface area contributed by atoms with Crippen LogP contribution in [0.4, 0.5) is 10.1 Å². The van der Waals surface area contributed by atoms with Crippen LogP contribution in [0.15, 0.2) is 36.4 Å². The largest absolute Gasteiger partial charge is 0.320 e. The van der Waals surface area contributed by atoms with Crippen LogP contribution >= 0.6 is 11.6 Å². The SMILES string of the molecule is N[C@H]1Cc2cc(-c3cc(F)ccc3Cl)ccc2N(O)C1=O. The first-order valence-electron chi connectivity index (χ1n) is 6.34. The topological polar surface area (TPSA) is 66.6 Å². The van der Waals surface area contributed by atoms with Crippen molar-refractivity contribution in [1.82, 2.24) is 0 Å². The van der Waals surface area contributed by atoms with Gasteiger partial charge >= 0.3 is 0 Å². The van der Waals surface area contributed by atoms with Gasteiger partial charge in [-0.1, -0.05) is 17.7 Å². The van der Waals surface area contributed by atoms with E-state index < -0.39 is 11.9 Å². The molecule has 0 fully saturated rings. The summed E-state index contributed by atoms with van der Waals surface area (Å²) in [6, 6.07) is 8.34. The molecule has 1 amide bonds. The summed E-state index contributed by atoms with van der Waals surface area (Å²) in [5.41, 5.74) is 8.04. The monoisotopic (exact) mass is 306 g/mol. The molecule has 2 aromatic rings. The van der Waals surface area contributed by atoms with Crippen LogP contribution in [0.1, 0.15) is 5.56 Å². The predicted octanol–water partition coefficient (Wildman–Crippen LogP) is 2.75. The Morgan fingerprint density at radius 3 is 2.81 bits per heavy atom. The van der Waals surface area contributed by atoms with Crippen LogP contribution in [0, 0.1) is 5.82 Å². The summed E-state index contributed by atoms with van der Waals surface area (Å²) in [6.45, 7) is 0. The molecule has 2 aromatic carbocycles. The number of carbonyl (C=O) groups excluding carboxylic acids is 1. The molecule has 4 nitrogen and oxygen atoms in total. The number of anilines is 1. The number of rotatable bonds is 1. The molecule has 1 aliphatic rings. The number of amides is 1. The average molecular weight is 307 g/mol. The fraction of sp³-hybridized carbons (Fsp3) is 0.133. The molecule has 21 heavy (non-hydrogen) atoms. The van der Waals surface area contributed by atoms with Crippen LogP contribution in [0.3, 0.4) is 0 Å². The zero-order valence-corrected chi connectivity index (χ0v) is 11.6. The number of nitrogens with two attached hydrogens (primary N) is 1. The van der Waals surface area contributed by atoms with Crippen LogP contribution in [0.25, 0.3) is 11.1 Å². The normalized spacial score (nSPS) is 17.8. The molecule has 0 aromatic heterocycles. The van der Waals surface area contributed by atoms with E-state index in [4.69, 9.17) is 17.3 Å². The van der Waals surface area contributed by atoms with Crippen molar-refractivity contribution in [2.24, 2.45) is 5.73 Å². The van der Waals surface area contributed by atoms with Crippen molar-refractivity contribution in [1.29, 1.82) is 0 Å². The van der Waals surface area contributed by atoms with Gasteiger partial charge in [0.05, 0.1) is 11.7 Å². The molecule has 3 rings (SSSR count). The van der Waals surface area contributed by atoms with Crippen molar-refractivity contribution in [2.75, 3.05) is 5.06 Å². The number of hydroxylamine groups is 1. The van der Waals surface area contributed by atoms with E-state index in [0.29, 0.717) is 38.9 Å². The van der Waals surface area contributed by atoms with E-state index in [-0.39, 0.29) is 5.82 Å². The number of carbonyl (C=O) groups is 1. The van der Waals surface area contributed by atoms with Crippen molar-refractivity contribution in [3.05, 3.63) is 52.8 Å². The molecule has 0 unspecified atom stereocenters. The maximum absolute atomic E-state index is 13.4. The number of nitrogens with zero attached hydrogens (tertiary/aromatic N) is 1. The molecule has 108 valence electrons. The summed E-state index contributed by atoms with van der Waals surface area (Å²) < 4.78 is 13.4. The van der Waals surface area contributed by atoms with Gasteiger partial charge in [0.1, 0.15) is 5.82 Å². The van der Waals surface area contributed by atoms with Gasteiger partial charge in [0.15, 0.2) is 0 Å². The summed E-state index contributed by atoms with van der Waals surface area (Å²) in [5, 5.41) is 10.8. The first-order valence-corrected chi connectivity index (χ1v) is 6.72. The molecule has 1 aliphatic heterocycles. The zero-order chi connectivity index (χ0) is 15.1. The minimum absolute atomic E-state index is 0.312. The molecule has 0 radical (unpaired) electrons. The average Bonchev–Trinajstić information content (AvgIpc) is 2.47. The fourth-order valence-corrected chi connectivity index (χ4v) is 2.67. The second kappa shape index (κ2) is 5.11. The minimum Gasteiger partial charge on any atom is -0.320 e. The number of fused-ring (bicyclic) bond motifs is 1. The lowest BCUT2D eigenvalue weighted by atomic mass is 9.94. The summed E-state index contributed by atoms with van der Waals surface area (Å²) >= 11 is 6.09. The maximum Gasteiger partial charge on any atom is 0.267 e. The summed E-state index contributed by atoms with van der Waals surface area (Å²) in [6.07, 6.45) is 0.312. The molecule has 6 heteroatoms. The predicted molar refractivity (Wildman–Crippen MR) is 77.8 cm³/mol. The second-order valence-corrected chi connectivity index (χ2v) is 5.34. The first-order chi connectivity index (χ1) is 9.97. The standard InChI is InChI=1S/C15H12ClFN2O2/c16-12-3-2-10(17)7-11(12)8-1-4-14-9(5-8)6-13(18)15(20)19(14)21/h1-5,7,13,21H,6,18H2/t13-/m0/s1. The highest BCUT2D eigenvalue weighted by Crippen LogP contribution is 2.34. The Bertz CT molecular complexity index is 736. The number of hydrogen-bond acceptors (Lipinski definition) is 3. The highest BCUT2D eigenvalue weighted by atomic mass is 35.5. The third-order valence-corrected chi connectivity index (χ3v) is 3.84. The molecule has 3 N–H and O–H groups in total. The number of benzene rings is 2. The van der Waals surface area contributed by atoms with E-state index in [2.05, 4.69) is 0 Å². The van der Waals surface area contributed by atoms with Gasteiger partial charge in [0.25, 0.3) is 5.91 Å². The Labute approximate surface area is 125 Å². The molecule has 0 spiro atoms. The van der Waals surface area contributed by atoms with Crippen LogP contribution in [-0.2, 0) is 11.2 Å². The maximum atomic E-state index is 13.4. The van der Waals surface area contributed by atoms with E-state index in [0.717, 1.165) is 0 Å². The van der Waals surface area contributed by atoms with Gasteiger partial charge in [-0.05, 0) is 47.9 Å². The van der Waals surface area contributed by atoms with E-state index >= 15 is 0 Å². The first kappa shape index (κ1) is 14.0. The Balaban J connectivity index is 2.10. The quantitative estimate of drug-likeness (QED) is 0.796. The van der Waals surface area contributed by atoms with Crippen LogP contribution < -0.4 is 10.8 Å². The molecule has 1 heterocycles. The summed E-state index contributed by atoms with van der Waals surface area (Å²) in [4.78, 5) is 11.6. The van der Waals surface area contributed by atoms with Crippen LogP contribution in [0.2, 0.25) is 5.02 Å². The molecular weight excluding hydrogens is 295 g/mol. The molecule has 0 bridgehead atoms. The molecule has 0 saturated heterocycles. The van der Waals surface area contributed by atoms with Crippen molar-refractivity contribution >= 4 is 23.2 Å². The molecular formula is C15H12ClFN2O2. The minimum atomic E-state index is -0.791. The molecule has 1 atom stereocenters. The fourth-order valence-electron chi connectivity index (χ4n) is 2.44. The highest BCUT2D eigenvalue weighted by Gasteiger charge is 2.29. The van der Waals surface area contributed by atoms with Crippen molar-refractivity contribution in [3.8, 4) is 11.1 Å². The molecule has 0 saturated carbocycles. The van der Waals surface area contributed by atoms with E-state index in [1.54, 1.807) is 18.2 Å². The Hall–Kier alpha value is -1.95. The summed E-state index contributed by atoms with van der Waals surface area (Å²) in [5.74, 6) is -0.929. The lowest BCUT2D eigenvalue weighted by Gasteiger charge is -2.28. The highest BCUT2D eigenvalue weighted by molar-refractivity contribution is 6.33. The third kappa shape index (κ3) is 2.40. The van der Waals surface area contributed by atoms with E-state index in [1.165, 1.54) is 18.2 Å². The van der Waals surface area contributed by atoms with Gasteiger partial charge in [-0.25, -0.2) is 4.39 Å². The zero-order valence-electron chi connectivity index (χ0n) is 10.9. The third-order valence-electron chi connectivity index (χ3n) is 3.51. The van der Waals surface area contributed by atoms with Crippen molar-refractivity contribution in [3.63, 3.8) is 0 Å². The van der Waals surface area contributed by atoms with Gasteiger partial charge < -0.3 is 5.73 Å². The van der Waals surface area contributed by atoms with Crippen molar-refractivity contribution in [2.45, 2.75) is 12.5 Å². The Morgan fingerprint density at radius 1 is 1.29 bits per heavy atom. The van der Waals surface area contributed by atoms with Crippen molar-refractivity contribution < 1.29 is 14.4 Å². The van der Waals surface area contributed by atoms with Crippen LogP contribution in [0.5, 0.6) is 0 Å². The van der Waals surface area contributed by atoms with Gasteiger partial charge in [0.2, 0.25) is 0 Å². The molecule has 0 aliphatic carbocycles. The van der Waals surface area contributed by atoms with E-state index in [9.17, 15) is 14.4 Å². The van der Waals surface area contributed by atoms with Crippen LogP contribution in [-0.4, -0.2) is 17.2 Å². The number of hydrogen-bond donors (Lipinski definition) is 2. The lowest BCUT2D eigenvalue weighted by molar-refractivity contribution is -0.125. The lowest BCUT2D eigenvalue weighted by Crippen LogP contribution is -2.47. The Kier molecular flexibility index (Phi) is 3.41. The second-order valence-electron chi connectivity index (χ2n) is 4.93. The van der Waals surface area contributed by atoms with Gasteiger partial charge in [0, 0.05) is 10.6 Å².